The van der Waals surface area contributed by atoms with Gasteiger partial charge in [0.2, 0.25) is 5.95 Å². The number of aromatic nitrogens is 2. The summed E-state index contributed by atoms with van der Waals surface area (Å²) in [4.78, 5) is 22.0. The first kappa shape index (κ1) is 11.8. The zero-order valence-corrected chi connectivity index (χ0v) is 9.97. The second-order valence-corrected chi connectivity index (χ2v) is 4.16. The highest BCUT2D eigenvalue weighted by Crippen LogP contribution is 2.13. The van der Waals surface area contributed by atoms with Crippen molar-refractivity contribution in [3.63, 3.8) is 0 Å². The van der Waals surface area contributed by atoms with Crippen molar-refractivity contribution in [2.45, 2.75) is 19.4 Å². The van der Waals surface area contributed by atoms with Crippen molar-refractivity contribution in [3.8, 4) is 0 Å². The van der Waals surface area contributed by atoms with Crippen molar-refractivity contribution in [3.05, 3.63) is 17.5 Å². The number of carbonyl (C=O) groups is 1. The summed E-state index contributed by atoms with van der Waals surface area (Å²) in [6.07, 6.45) is 0.222. The molecule has 1 amide bonds. The Morgan fingerprint density at radius 1 is 1.59 bits per heavy atom. The Bertz CT molecular complexity index is 435. The number of amides is 1. The molecule has 1 aromatic heterocycles. The molecule has 6 nitrogen and oxygen atoms in total. The van der Waals surface area contributed by atoms with E-state index in [1.807, 2.05) is 6.92 Å². The van der Waals surface area contributed by atoms with Gasteiger partial charge in [-0.05, 0) is 19.4 Å². The number of carbonyl (C=O) groups excluding carboxylic acids is 1. The van der Waals surface area contributed by atoms with Crippen LogP contribution >= 0.6 is 0 Å². The zero-order valence-electron chi connectivity index (χ0n) is 9.97. The highest BCUT2D eigenvalue weighted by atomic mass is 16.3. The minimum atomic E-state index is -0.411. The van der Waals surface area contributed by atoms with Gasteiger partial charge in [-0.3, -0.25) is 4.79 Å². The molecule has 1 aliphatic heterocycles. The van der Waals surface area contributed by atoms with Gasteiger partial charge in [0.05, 0.1) is 6.10 Å². The van der Waals surface area contributed by atoms with Gasteiger partial charge >= 0.3 is 0 Å². The molecule has 0 saturated carbocycles. The lowest BCUT2D eigenvalue weighted by molar-refractivity contribution is 0.0759. The summed E-state index contributed by atoms with van der Waals surface area (Å²) >= 11 is 0. The van der Waals surface area contributed by atoms with Gasteiger partial charge in [-0.15, -0.1) is 0 Å². The van der Waals surface area contributed by atoms with Gasteiger partial charge in [0.25, 0.3) is 5.91 Å². The molecule has 1 aliphatic rings. The monoisotopic (exact) mass is 236 g/mol. The number of nitrogens with zero attached hydrogens (tertiary/aromatic N) is 3. The minimum absolute atomic E-state index is 0.149. The van der Waals surface area contributed by atoms with Crippen LogP contribution in [0.4, 0.5) is 5.95 Å². The van der Waals surface area contributed by atoms with Gasteiger partial charge in [-0.25, -0.2) is 9.97 Å². The van der Waals surface area contributed by atoms with E-state index in [1.54, 1.807) is 18.0 Å². The molecular formula is C11H16N4O2. The average Bonchev–Trinajstić information content (AvgIpc) is 2.74. The van der Waals surface area contributed by atoms with E-state index in [0.29, 0.717) is 31.2 Å². The Morgan fingerprint density at radius 3 is 2.94 bits per heavy atom. The highest BCUT2D eigenvalue weighted by molar-refractivity contribution is 5.92. The molecule has 92 valence electrons. The molecule has 2 rings (SSSR count). The number of aliphatic hydroxyl groups excluding tert-OH is 1. The van der Waals surface area contributed by atoms with E-state index in [-0.39, 0.29) is 5.91 Å². The number of aryl methyl sites for hydroxylation is 1. The lowest BCUT2D eigenvalue weighted by Crippen LogP contribution is -2.30. The first-order chi connectivity index (χ1) is 8.10. The second-order valence-electron chi connectivity index (χ2n) is 4.16. The first-order valence-corrected chi connectivity index (χ1v) is 5.61. The fraction of sp³-hybridized carbons (Fsp3) is 0.545. The van der Waals surface area contributed by atoms with Crippen LogP contribution in [0.25, 0.3) is 0 Å². The summed E-state index contributed by atoms with van der Waals surface area (Å²) in [6, 6.07) is 1.66. The number of rotatable bonds is 2. The quantitative estimate of drug-likeness (QED) is 0.757. The number of hydrogen-bond acceptors (Lipinski definition) is 5. The van der Waals surface area contributed by atoms with E-state index in [9.17, 15) is 9.90 Å². The number of β-amino-alcohol motifs (C(OH)–C–C–N with tert-alkyl or cyclic N) is 1. The topological polar surface area (TPSA) is 78.4 Å². The Morgan fingerprint density at radius 2 is 2.35 bits per heavy atom. The predicted octanol–water partition coefficient (Wildman–Crippen LogP) is 0.0335. The molecule has 1 saturated heterocycles. The molecule has 17 heavy (non-hydrogen) atoms. The standard InChI is InChI=1S/C11H16N4O2/c1-7-5-9(14-11(12-2)13-7)10(17)15-4-3-8(16)6-15/h5,8,16H,3-4,6H2,1-2H3,(H,12,13,14). The molecule has 0 bridgehead atoms. The zero-order chi connectivity index (χ0) is 12.4. The number of anilines is 1. The minimum Gasteiger partial charge on any atom is -0.391 e. The molecule has 0 spiro atoms. The summed E-state index contributed by atoms with van der Waals surface area (Å²) in [5, 5.41) is 12.2. The van der Waals surface area contributed by atoms with Crippen molar-refractivity contribution < 1.29 is 9.90 Å². The molecule has 1 atom stereocenters. The summed E-state index contributed by atoms with van der Waals surface area (Å²) in [5.41, 5.74) is 1.11. The van der Waals surface area contributed by atoms with Gasteiger partial charge in [-0.2, -0.15) is 0 Å². The van der Waals surface area contributed by atoms with E-state index < -0.39 is 6.10 Å². The smallest absolute Gasteiger partial charge is 0.272 e. The summed E-state index contributed by atoms with van der Waals surface area (Å²) in [7, 11) is 1.71. The fourth-order valence-corrected chi connectivity index (χ4v) is 1.88. The molecule has 2 heterocycles. The van der Waals surface area contributed by atoms with Crippen molar-refractivity contribution in [2.24, 2.45) is 0 Å². The number of nitrogens with one attached hydrogen (secondary N) is 1. The maximum atomic E-state index is 12.1. The van der Waals surface area contributed by atoms with Crippen LogP contribution in [0.15, 0.2) is 6.07 Å². The number of hydrogen-bond donors (Lipinski definition) is 2. The molecule has 6 heteroatoms. The van der Waals surface area contributed by atoms with Crippen molar-refractivity contribution >= 4 is 11.9 Å². The SMILES string of the molecule is CNc1nc(C)cc(C(=O)N2CCC(O)C2)n1. The third-order valence-electron chi connectivity index (χ3n) is 2.75. The Labute approximate surface area is 99.7 Å². The fourth-order valence-electron chi connectivity index (χ4n) is 1.88. The molecule has 2 N–H and O–H groups in total. The maximum Gasteiger partial charge on any atom is 0.272 e. The van der Waals surface area contributed by atoms with Crippen molar-refractivity contribution in [1.82, 2.24) is 14.9 Å². The van der Waals surface area contributed by atoms with E-state index in [0.717, 1.165) is 5.69 Å². The third-order valence-corrected chi connectivity index (χ3v) is 2.75. The Kier molecular flexibility index (Phi) is 3.23. The Balaban J connectivity index is 2.21. The van der Waals surface area contributed by atoms with Crippen LogP contribution in [0.5, 0.6) is 0 Å². The third kappa shape index (κ3) is 2.52. The molecule has 1 unspecified atom stereocenters. The molecule has 0 aliphatic carbocycles. The number of likely N-dealkylation sites (tertiary alicyclic amines) is 1. The van der Waals surface area contributed by atoms with Gasteiger partial charge in [0, 0.05) is 25.8 Å². The van der Waals surface area contributed by atoms with E-state index >= 15 is 0 Å². The second kappa shape index (κ2) is 4.67. The van der Waals surface area contributed by atoms with E-state index in [4.69, 9.17) is 0 Å². The highest BCUT2D eigenvalue weighted by Gasteiger charge is 2.26. The van der Waals surface area contributed by atoms with E-state index in [1.165, 1.54) is 0 Å². The first-order valence-electron chi connectivity index (χ1n) is 5.61. The Hall–Kier alpha value is -1.69. The van der Waals surface area contributed by atoms with Crippen LogP contribution in [0.2, 0.25) is 0 Å². The van der Waals surface area contributed by atoms with Crippen LogP contribution in [0.3, 0.4) is 0 Å². The predicted molar refractivity (Wildman–Crippen MR) is 62.8 cm³/mol. The summed E-state index contributed by atoms with van der Waals surface area (Å²) in [5.74, 6) is 0.289. The summed E-state index contributed by atoms with van der Waals surface area (Å²) in [6.45, 7) is 2.78. The van der Waals surface area contributed by atoms with Gasteiger partial charge in [0.1, 0.15) is 5.69 Å². The van der Waals surface area contributed by atoms with Crippen LogP contribution in [0, 0.1) is 6.92 Å². The van der Waals surface area contributed by atoms with Crippen LogP contribution in [0.1, 0.15) is 22.6 Å². The normalized spacial score (nSPS) is 19.5. The molecular weight excluding hydrogens is 220 g/mol. The molecule has 1 aromatic rings. The maximum absolute atomic E-state index is 12.1. The van der Waals surface area contributed by atoms with Crippen LogP contribution in [-0.2, 0) is 0 Å². The average molecular weight is 236 g/mol. The van der Waals surface area contributed by atoms with Crippen LogP contribution in [-0.4, -0.2) is 52.1 Å². The summed E-state index contributed by atoms with van der Waals surface area (Å²) < 4.78 is 0. The lowest BCUT2D eigenvalue weighted by Gasteiger charge is -2.15. The van der Waals surface area contributed by atoms with Crippen molar-refractivity contribution in [1.29, 1.82) is 0 Å². The lowest BCUT2D eigenvalue weighted by atomic mass is 10.3. The largest absolute Gasteiger partial charge is 0.391 e. The van der Waals surface area contributed by atoms with Crippen molar-refractivity contribution in [2.75, 3.05) is 25.5 Å². The van der Waals surface area contributed by atoms with Gasteiger partial charge in [-0.1, -0.05) is 0 Å². The molecule has 0 radical (unpaired) electrons. The molecule has 0 aromatic carbocycles. The number of aliphatic hydroxyl groups is 1. The molecule has 1 fully saturated rings. The van der Waals surface area contributed by atoms with Gasteiger partial charge < -0.3 is 15.3 Å². The van der Waals surface area contributed by atoms with E-state index in [2.05, 4.69) is 15.3 Å². The van der Waals surface area contributed by atoms with Gasteiger partial charge in [0.15, 0.2) is 0 Å². The van der Waals surface area contributed by atoms with Crippen LogP contribution < -0.4 is 5.32 Å².